The summed E-state index contributed by atoms with van der Waals surface area (Å²) >= 11 is 0. The number of carbonyl (C=O) groups is 2. The maximum atomic E-state index is 12.2. The molecule has 0 unspecified atom stereocenters. The monoisotopic (exact) mass is 212 g/mol. The lowest BCUT2D eigenvalue weighted by Gasteiger charge is -2.20. The molecule has 6 rings (SSSR count). The lowest BCUT2D eigenvalue weighted by Crippen LogP contribution is -2.33. The highest BCUT2D eigenvalue weighted by Crippen LogP contribution is 2.69. The predicted molar refractivity (Wildman–Crippen MR) is 56.2 cm³/mol. The van der Waals surface area contributed by atoms with Gasteiger partial charge in [-0.2, -0.15) is 0 Å². The first-order chi connectivity index (χ1) is 7.79. The Morgan fingerprint density at radius 2 is 0.938 bits per heavy atom. The van der Waals surface area contributed by atoms with Gasteiger partial charge in [0.25, 0.3) is 0 Å². The molecule has 0 spiro atoms. The molecular weight excluding hydrogens is 200 g/mol. The molecule has 0 saturated heterocycles. The van der Waals surface area contributed by atoms with Crippen LogP contribution in [-0.4, -0.2) is 11.6 Å². The number of Topliss-reactive ketones (excluding diaryl/α,β-unsaturated/α-hetero) is 2. The van der Waals surface area contributed by atoms with E-state index < -0.39 is 0 Å². The van der Waals surface area contributed by atoms with E-state index in [1.807, 2.05) is 0 Å². The van der Waals surface area contributed by atoms with Crippen LogP contribution in [0.4, 0.5) is 0 Å². The van der Waals surface area contributed by atoms with Crippen molar-refractivity contribution < 1.29 is 9.59 Å². The Balaban J connectivity index is 1.89. The van der Waals surface area contributed by atoms with Crippen molar-refractivity contribution in [3.63, 3.8) is 0 Å². The van der Waals surface area contributed by atoms with E-state index in [4.69, 9.17) is 0 Å². The zero-order chi connectivity index (χ0) is 10.6. The molecule has 4 fully saturated rings. The molecule has 0 heterocycles. The summed E-state index contributed by atoms with van der Waals surface area (Å²) in [6, 6.07) is 0. The molecule has 0 amide bonds. The Bertz CT molecular complexity index is 427. The topological polar surface area (TPSA) is 34.1 Å². The van der Waals surface area contributed by atoms with Crippen LogP contribution in [0.3, 0.4) is 0 Å². The fraction of sp³-hybridized carbons (Fsp3) is 0.571. The predicted octanol–water partition coefficient (Wildman–Crippen LogP) is 1.23. The summed E-state index contributed by atoms with van der Waals surface area (Å²) in [6.45, 7) is 0. The van der Waals surface area contributed by atoms with E-state index in [1.54, 1.807) is 0 Å². The van der Waals surface area contributed by atoms with Crippen LogP contribution in [0, 0.1) is 47.3 Å². The number of hydrogen-bond donors (Lipinski definition) is 0. The number of carbonyl (C=O) groups excluding carboxylic acids is 2. The van der Waals surface area contributed by atoms with Crippen molar-refractivity contribution in [1.29, 1.82) is 0 Å². The first kappa shape index (κ1) is 7.99. The highest BCUT2D eigenvalue weighted by atomic mass is 16.2. The van der Waals surface area contributed by atoms with Gasteiger partial charge in [-0.1, -0.05) is 24.3 Å². The van der Waals surface area contributed by atoms with Crippen LogP contribution >= 0.6 is 0 Å². The molecule has 80 valence electrons. The standard InChI is InChI=1S/C14H12O2/c15-13-11-5-1-2-6-9(5)10-7(11)3-4-8(10)12(6)14(13)16/h1-12H/t5-,6-,7-,8-,9?,10?,11?,12?/m0/s1. The van der Waals surface area contributed by atoms with Crippen LogP contribution < -0.4 is 0 Å². The fourth-order valence-corrected chi connectivity index (χ4v) is 5.54. The Labute approximate surface area is 93.4 Å². The second kappa shape index (κ2) is 2.11. The van der Waals surface area contributed by atoms with Crippen molar-refractivity contribution in [2.24, 2.45) is 47.3 Å². The second-order valence-electron chi connectivity index (χ2n) is 6.01. The molecule has 0 aromatic carbocycles. The molecule has 4 saturated carbocycles. The van der Waals surface area contributed by atoms with Gasteiger partial charge in [0.2, 0.25) is 11.6 Å². The molecule has 0 aromatic rings. The van der Waals surface area contributed by atoms with E-state index in [9.17, 15) is 9.59 Å². The number of allylic oxidation sites excluding steroid dienone is 4. The highest BCUT2D eigenvalue weighted by Gasteiger charge is 2.70. The maximum absolute atomic E-state index is 12.2. The average molecular weight is 212 g/mol. The molecule has 4 atom stereocenters. The van der Waals surface area contributed by atoms with E-state index >= 15 is 0 Å². The van der Waals surface area contributed by atoms with Gasteiger partial charge in [0, 0.05) is 11.8 Å². The van der Waals surface area contributed by atoms with Gasteiger partial charge in [-0.3, -0.25) is 9.59 Å². The van der Waals surface area contributed by atoms with Crippen LogP contribution in [0.25, 0.3) is 0 Å². The minimum absolute atomic E-state index is 0.00231. The van der Waals surface area contributed by atoms with Gasteiger partial charge in [-0.05, 0) is 35.5 Å². The highest BCUT2D eigenvalue weighted by molar-refractivity contribution is 6.40. The van der Waals surface area contributed by atoms with Crippen molar-refractivity contribution in [3.8, 4) is 0 Å². The normalized spacial score (nSPS) is 62.8. The molecule has 8 bridgehead atoms. The zero-order valence-electron chi connectivity index (χ0n) is 8.74. The first-order valence-electron chi connectivity index (χ1n) is 6.24. The number of hydrogen-bond acceptors (Lipinski definition) is 2. The summed E-state index contributed by atoms with van der Waals surface area (Å²) < 4.78 is 0. The van der Waals surface area contributed by atoms with Gasteiger partial charge in [-0.25, -0.2) is 0 Å². The quantitative estimate of drug-likeness (QED) is 0.447. The van der Waals surface area contributed by atoms with Crippen molar-refractivity contribution in [2.45, 2.75) is 0 Å². The second-order valence-corrected chi connectivity index (χ2v) is 6.01. The van der Waals surface area contributed by atoms with Crippen LogP contribution in [0.2, 0.25) is 0 Å². The van der Waals surface area contributed by atoms with Crippen molar-refractivity contribution >= 4 is 11.6 Å². The number of fused-ring (bicyclic) bond motifs is 1. The smallest absolute Gasteiger partial charge is 0.202 e. The Kier molecular flexibility index (Phi) is 1.05. The molecule has 16 heavy (non-hydrogen) atoms. The lowest BCUT2D eigenvalue weighted by molar-refractivity contribution is -0.141. The lowest BCUT2D eigenvalue weighted by atomic mass is 9.81. The molecule has 2 nitrogen and oxygen atoms in total. The summed E-state index contributed by atoms with van der Waals surface area (Å²) in [5, 5.41) is 0. The minimum atomic E-state index is -0.0498. The van der Waals surface area contributed by atoms with Crippen molar-refractivity contribution in [2.75, 3.05) is 0 Å². The molecule has 6 aliphatic carbocycles. The molecule has 0 aromatic heterocycles. The number of rotatable bonds is 0. The third kappa shape index (κ3) is 0.555. The largest absolute Gasteiger partial charge is 0.291 e. The fourth-order valence-electron chi connectivity index (χ4n) is 5.54. The van der Waals surface area contributed by atoms with E-state index in [2.05, 4.69) is 24.3 Å². The van der Waals surface area contributed by atoms with E-state index in [1.165, 1.54) is 0 Å². The third-order valence-corrected chi connectivity index (χ3v) is 5.84. The molecule has 0 N–H and O–H groups in total. The Morgan fingerprint density at radius 3 is 1.25 bits per heavy atom. The van der Waals surface area contributed by atoms with Gasteiger partial charge >= 0.3 is 0 Å². The molecule has 2 heteroatoms. The molecule has 0 radical (unpaired) electrons. The van der Waals surface area contributed by atoms with E-state index in [0.717, 1.165) is 0 Å². The SMILES string of the molecule is O=C1C(=O)C2[C@H]3C=C[C@@H]4C1[C@H]1C=C[C@H]2C1C43. The van der Waals surface area contributed by atoms with Gasteiger partial charge in [0.15, 0.2) is 0 Å². The summed E-state index contributed by atoms with van der Waals surface area (Å²) in [5.41, 5.74) is 0. The zero-order valence-corrected chi connectivity index (χ0v) is 8.74. The van der Waals surface area contributed by atoms with E-state index in [0.29, 0.717) is 35.5 Å². The average Bonchev–Trinajstić information content (AvgIpc) is 2.91. The van der Waals surface area contributed by atoms with Gasteiger partial charge in [-0.15, -0.1) is 0 Å². The van der Waals surface area contributed by atoms with Crippen molar-refractivity contribution in [3.05, 3.63) is 24.3 Å². The minimum Gasteiger partial charge on any atom is -0.291 e. The van der Waals surface area contributed by atoms with E-state index in [-0.39, 0.29) is 23.4 Å². The Hall–Kier alpha value is -1.18. The summed E-state index contributed by atoms with van der Waals surface area (Å²) in [7, 11) is 0. The third-order valence-electron chi connectivity index (χ3n) is 5.84. The van der Waals surface area contributed by atoms with Crippen LogP contribution in [0.15, 0.2) is 24.3 Å². The number of ketones is 2. The molecule has 0 aliphatic heterocycles. The summed E-state index contributed by atoms with van der Waals surface area (Å²) in [6.07, 6.45) is 8.94. The van der Waals surface area contributed by atoms with Crippen LogP contribution in [0.5, 0.6) is 0 Å². The van der Waals surface area contributed by atoms with Gasteiger partial charge < -0.3 is 0 Å². The van der Waals surface area contributed by atoms with Gasteiger partial charge in [0.1, 0.15) is 0 Å². The summed E-state index contributed by atoms with van der Waals surface area (Å²) in [4.78, 5) is 24.4. The maximum Gasteiger partial charge on any atom is 0.202 e. The molecular formula is C14H12O2. The molecule has 6 aliphatic rings. The first-order valence-corrected chi connectivity index (χ1v) is 6.24. The van der Waals surface area contributed by atoms with Crippen molar-refractivity contribution in [1.82, 2.24) is 0 Å². The van der Waals surface area contributed by atoms with Gasteiger partial charge in [0.05, 0.1) is 0 Å². The summed E-state index contributed by atoms with van der Waals surface area (Å²) in [5.74, 6) is 2.65. The van der Waals surface area contributed by atoms with Crippen LogP contribution in [0.1, 0.15) is 0 Å². The Morgan fingerprint density at radius 1 is 0.625 bits per heavy atom. The van der Waals surface area contributed by atoms with Crippen LogP contribution in [-0.2, 0) is 9.59 Å².